The topological polar surface area (TPSA) is 75.4 Å². The second-order valence-corrected chi connectivity index (χ2v) is 13.1. The van der Waals surface area contributed by atoms with Gasteiger partial charge in [0.1, 0.15) is 5.82 Å². The Labute approximate surface area is 222 Å². The highest BCUT2D eigenvalue weighted by Gasteiger charge is 2.47. The predicted molar refractivity (Wildman–Crippen MR) is 147 cm³/mol. The van der Waals surface area contributed by atoms with Crippen molar-refractivity contribution in [3.63, 3.8) is 0 Å². The summed E-state index contributed by atoms with van der Waals surface area (Å²) in [5.74, 6) is -0.396. The van der Waals surface area contributed by atoms with E-state index in [4.69, 9.17) is 4.98 Å². The van der Waals surface area contributed by atoms with Crippen molar-refractivity contribution in [2.24, 2.45) is 7.05 Å². The van der Waals surface area contributed by atoms with Gasteiger partial charge in [-0.15, -0.1) is 0 Å². The van der Waals surface area contributed by atoms with Crippen molar-refractivity contribution in [1.82, 2.24) is 14.5 Å². The maximum Gasteiger partial charge on any atom is 0.175 e. The lowest BCUT2D eigenvalue weighted by atomic mass is 9.80. The molecule has 2 fully saturated rings. The fourth-order valence-electron chi connectivity index (χ4n) is 6.50. The molecule has 198 valence electrons. The second kappa shape index (κ2) is 8.73. The fourth-order valence-corrected chi connectivity index (χ4v) is 7.13. The number of hydrogen-bond acceptors (Lipinski definition) is 5. The lowest BCUT2D eigenvalue weighted by Gasteiger charge is -2.42. The van der Waals surface area contributed by atoms with Gasteiger partial charge in [-0.1, -0.05) is 24.3 Å². The molecule has 1 N–H and O–H groups in total. The Balaban J connectivity index is 1.36. The Morgan fingerprint density at radius 2 is 1.61 bits per heavy atom. The molecule has 2 aliphatic rings. The number of fused-ring (bicyclic) bond motifs is 3. The molecular weight excluding hydrogens is 501 g/mol. The van der Waals surface area contributed by atoms with Crippen molar-refractivity contribution in [3.05, 3.63) is 71.7 Å². The first kappa shape index (κ1) is 25.2. The number of rotatable bonds is 4. The zero-order valence-electron chi connectivity index (χ0n) is 22.1. The average Bonchev–Trinajstić information content (AvgIpc) is 3.30. The third-order valence-electron chi connectivity index (χ3n) is 8.71. The normalized spacial score (nSPS) is 23.8. The lowest BCUT2D eigenvalue weighted by molar-refractivity contribution is -0.0515. The molecule has 2 aromatic heterocycles. The van der Waals surface area contributed by atoms with Crippen molar-refractivity contribution < 1.29 is 17.9 Å². The highest BCUT2D eigenvalue weighted by atomic mass is 32.2. The third-order valence-corrected chi connectivity index (χ3v) is 9.84. The van der Waals surface area contributed by atoms with Gasteiger partial charge in [0.05, 0.1) is 21.7 Å². The van der Waals surface area contributed by atoms with E-state index in [-0.39, 0.29) is 4.90 Å². The van der Waals surface area contributed by atoms with Crippen molar-refractivity contribution in [2.45, 2.75) is 55.2 Å². The van der Waals surface area contributed by atoms with Crippen LogP contribution in [0.25, 0.3) is 33.4 Å². The molecule has 6 nitrogen and oxygen atoms in total. The predicted octanol–water partition coefficient (Wildman–Crippen LogP) is 5.20. The summed E-state index contributed by atoms with van der Waals surface area (Å²) in [6, 6.07) is 16.5. The van der Waals surface area contributed by atoms with E-state index in [2.05, 4.69) is 11.9 Å². The summed E-state index contributed by atoms with van der Waals surface area (Å²) < 4.78 is 41.3. The number of aromatic nitrogens is 2. The van der Waals surface area contributed by atoms with Gasteiger partial charge in [-0.2, -0.15) is 0 Å². The zero-order chi connectivity index (χ0) is 27.0. The molecule has 2 saturated heterocycles. The van der Waals surface area contributed by atoms with Gasteiger partial charge in [0.15, 0.2) is 9.84 Å². The lowest BCUT2D eigenvalue weighted by Crippen LogP contribution is -2.48. The minimum absolute atomic E-state index is 0.281. The third kappa shape index (κ3) is 4.06. The Morgan fingerprint density at radius 1 is 0.974 bits per heavy atom. The largest absolute Gasteiger partial charge is 0.385 e. The van der Waals surface area contributed by atoms with Crippen molar-refractivity contribution >= 4 is 20.7 Å². The molecule has 38 heavy (non-hydrogen) atoms. The highest BCUT2D eigenvalue weighted by Crippen LogP contribution is 2.46. The van der Waals surface area contributed by atoms with Crippen LogP contribution in [0.5, 0.6) is 0 Å². The molecule has 0 amide bonds. The van der Waals surface area contributed by atoms with Crippen molar-refractivity contribution in [3.8, 4) is 22.5 Å². The van der Waals surface area contributed by atoms with Crippen LogP contribution in [0.2, 0.25) is 0 Å². The fraction of sp³-hybridized carbons (Fsp3) is 0.367. The molecule has 3 atom stereocenters. The van der Waals surface area contributed by atoms with Gasteiger partial charge in [0.25, 0.3) is 0 Å². The summed E-state index contributed by atoms with van der Waals surface area (Å²) >= 11 is 0. The molecular formula is C30H32FN3O3S. The number of sulfone groups is 1. The molecule has 1 unspecified atom stereocenters. The molecule has 2 aliphatic heterocycles. The molecule has 0 radical (unpaired) electrons. The zero-order valence-corrected chi connectivity index (χ0v) is 22.9. The van der Waals surface area contributed by atoms with Crippen LogP contribution in [0.15, 0.2) is 59.5 Å². The van der Waals surface area contributed by atoms with E-state index >= 15 is 4.39 Å². The standard InChI is InChI=1S/C30H32FN3O3S/c1-18-24-14-28(19-5-10-23(11-6-19)38(4,36)37)34(3)29(24)15-27(32-18)20-7-12-25(26(31)13-20)30(35)16-21-8-9-22(17-30)33(21)2/h5-7,10-15,21-22,35H,8-9,16-17H2,1-4H3/t21-,22+,30?. The number of piperidine rings is 1. The van der Waals surface area contributed by atoms with Crippen LogP contribution >= 0.6 is 0 Å². The molecule has 8 heteroatoms. The first-order chi connectivity index (χ1) is 17.9. The minimum Gasteiger partial charge on any atom is -0.385 e. The molecule has 2 aromatic carbocycles. The maximum absolute atomic E-state index is 15.5. The van der Waals surface area contributed by atoms with Crippen molar-refractivity contribution in [2.75, 3.05) is 13.3 Å². The van der Waals surface area contributed by atoms with Gasteiger partial charge in [-0.05, 0) is 75.5 Å². The number of aliphatic hydroxyl groups is 1. The van der Waals surface area contributed by atoms with Gasteiger partial charge in [0, 0.05) is 53.3 Å². The summed E-state index contributed by atoms with van der Waals surface area (Å²) in [7, 11) is 0.792. The first-order valence-corrected chi connectivity index (χ1v) is 14.9. The van der Waals surface area contributed by atoms with Crippen LogP contribution < -0.4 is 0 Å². The smallest absolute Gasteiger partial charge is 0.175 e. The van der Waals surface area contributed by atoms with Gasteiger partial charge in [-0.25, -0.2) is 12.8 Å². The summed E-state index contributed by atoms with van der Waals surface area (Å²) in [5.41, 5.74) is 4.16. The van der Waals surface area contributed by atoms with E-state index in [9.17, 15) is 13.5 Å². The summed E-state index contributed by atoms with van der Waals surface area (Å²) in [6.45, 7) is 1.93. The van der Waals surface area contributed by atoms with Crippen LogP contribution in [-0.4, -0.2) is 53.4 Å². The quantitative estimate of drug-likeness (QED) is 0.390. The Bertz CT molecular complexity index is 1660. The molecule has 0 spiro atoms. The maximum atomic E-state index is 15.5. The van der Waals surface area contributed by atoms with Crippen LogP contribution in [0.3, 0.4) is 0 Å². The number of pyridine rings is 1. The number of nitrogens with zero attached hydrogens (tertiary/aromatic N) is 3. The molecule has 6 rings (SSSR count). The van der Waals surface area contributed by atoms with E-state index in [0.29, 0.717) is 41.7 Å². The Kier molecular flexibility index (Phi) is 5.79. The number of halogens is 1. The van der Waals surface area contributed by atoms with Gasteiger partial charge in [-0.3, -0.25) is 4.98 Å². The van der Waals surface area contributed by atoms with E-state index in [0.717, 1.165) is 40.7 Å². The van der Waals surface area contributed by atoms with E-state index < -0.39 is 21.3 Å². The molecule has 0 saturated carbocycles. The van der Waals surface area contributed by atoms with Crippen LogP contribution in [0.4, 0.5) is 4.39 Å². The van der Waals surface area contributed by atoms with Crippen LogP contribution in [-0.2, 0) is 22.5 Å². The van der Waals surface area contributed by atoms with Gasteiger partial charge < -0.3 is 14.6 Å². The van der Waals surface area contributed by atoms with Crippen LogP contribution in [0.1, 0.15) is 36.9 Å². The molecule has 2 bridgehead atoms. The summed E-state index contributed by atoms with van der Waals surface area (Å²) in [5, 5.41) is 12.4. The Morgan fingerprint density at radius 3 is 2.21 bits per heavy atom. The van der Waals surface area contributed by atoms with Crippen LogP contribution in [0, 0.1) is 12.7 Å². The first-order valence-electron chi connectivity index (χ1n) is 13.0. The molecule has 4 heterocycles. The van der Waals surface area contributed by atoms with Gasteiger partial charge in [0.2, 0.25) is 0 Å². The number of benzene rings is 2. The monoisotopic (exact) mass is 533 g/mol. The van der Waals surface area contributed by atoms with E-state index in [1.54, 1.807) is 18.2 Å². The summed E-state index contributed by atoms with van der Waals surface area (Å²) in [4.78, 5) is 7.39. The average molecular weight is 534 g/mol. The number of aryl methyl sites for hydroxylation is 2. The van der Waals surface area contributed by atoms with Gasteiger partial charge >= 0.3 is 0 Å². The van der Waals surface area contributed by atoms with E-state index in [1.165, 1.54) is 12.3 Å². The van der Waals surface area contributed by atoms with E-state index in [1.807, 2.05) is 48.9 Å². The second-order valence-electron chi connectivity index (χ2n) is 11.1. The SMILES string of the molecule is Cc1nc(-c2ccc(C3(O)C[C@H]4CC[C@@H](C3)N4C)c(F)c2)cc2c1cc(-c1ccc(S(C)(=O)=O)cc1)n2C. The highest BCUT2D eigenvalue weighted by molar-refractivity contribution is 7.90. The molecule has 0 aliphatic carbocycles. The number of hydrogen-bond donors (Lipinski definition) is 1. The Hall–Kier alpha value is -3.07. The summed E-state index contributed by atoms with van der Waals surface area (Å²) in [6.07, 6.45) is 4.40. The molecule has 4 aromatic rings. The van der Waals surface area contributed by atoms with Crippen molar-refractivity contribution in [1.29, 1.82) is 0 Å². The minimum atomic E-state index is -3.27.